The van der Waals surface area contributed by atoms with Crippen molar-refractivity contribution in [2.75, 3.05) is 5.32 Å². The van der Waals surface area contributed by atoms with Crippen molar-refractivity contribution in [3.63, 3.8) is 0 Å². The molecule has 0 bridgehead atoms. The lowest BCUT2D eigenvalue weighted by Crippen LogP contribution is -2.82. The van der Waals surface area contributed by atoms with E-state index in [2.05, 4.69) is 31.8 Å². The van der Waals surface area contributed by atoms with Gasteiger partial charge in [0.05, 0.1) is 0 Å². The number of nitrogens with one attached hydrogen (secondary N) is 3. The summed E-state index contributed by atoms with van der Waals surface area (Å²) in [5, 5.41) is 6.53. The van der Waals surface area contributed by atoms with Gasteiger partial charge in [-0.2, -0.15) is 0 Å². The first kappa shape index (κ1) is 13.7. The quantitative estimate of drug-likeness (QED) is 0.455. The van der Waals surface area contributed by atoms with Gasteiger partial charge in [0.25, 0.3) is 0 Å². The highest BCUT2D eigenvalue weighted by atomic mass is 79.9. The fraction of sp³-hybridized carbons (Fsp3) is 0. The Morgan fingerprint density at radius 2 is 1.89 bits per heavy atom. The van der Waals surface area contributed by atoms with Crippen LogP contribution in [0.2, 0.25) is 0 Å². The van der Waals surface area contributed by atoms with Crippen molar-refractivity contribution in [2.45, 2.75) is 0 Å². The van der Waals surface area contributed by atoms with Crippen molar-refractivity contribution < 1.29 is 5.10 Å². The van der Waals surface area contributed by atoms with E-state index in [-0.39, 0.29) is 0 Å². The second kappa shape index (κ2) is 7.01. The lowest BCUT2D eigenvalue weighted by molar-refractivity contribution is -0.499. The number of hydrogen-bond donors (Lipinski definition) is 3. The van der Waals surface area contributed by atoms with E-state index >= 15 is 0 Å². The summed E-state index contributed by atoms with van der Waals surface area (Å²) in [6.07, 6.45) is 1.84. The molecule has 0 atom stereocenters. The Balaban J connectivity index is 1.87. The second-order valence-electron chi connectivity index (χ2n) is 3.79. The fourth-order valence-corrected chi connectivity index (χ4v) is 2.06. The van der Waals surface area contributed by atoms with Gasteiger partial charge in [0.1, 0.15) is 0 Å². The van der Waals surface area contributed by atoms with E-state index < -0.39 is 0 Å². The zero-order chi connectivity index (χ0) is 13.5. The number of halogens is 1. The molecule has 3 nitrogen and oxygen atoms in total. The third-order valence-corrected chi connectivity index (χ3v) is 3.00. The van der Waals surface area contributed by atoms with Crippen LogP contribution >= 0.6 is 28.1 Å². The van der Waals surface area contributed by atoms with Crippen LogP contribution in [0.5, 0.6) is 0 Å². The molecule has 0 saturated heterocycles. The molecule has 96 valence electrons. The number of hydrazine groups is 1. The smallest absolute Gasteiger partial charge is 0.228 e. The van der Waals surface area contributed by atoms with Crippen LogP contribution in [0.3, 0.4) is 0 Å². The molecule has 19 heavy (non-hydrogen) atoms. The first-order valence-electron chi connectivity index (χ1n) is 5.70. The van der Waals surface area contributed by atoms with Crippen molar-refractivity contribution in [2.24, 2.45) is 0 Å². The predicted octanol–water partition coefficient (Wildman–Crippen LogP) is 1.85. The van der Waals surface area contributed by atoms with Crippen molar-refractivity contribution in [1.29, 1.82) is 0 Å². The summed E-state index contributed by atoms with van der Waals surface area (Å²) < 4.78 is 1.04. The highest BCUT2D eigenvalue weighted by Crippen LogP contribution is 2.09. The van der Waals surface area contributed by atoms with Crippen LogP contribution in [0.15, 0.2) is 59.1 Å². The molecule has 3 N–H and O–H groups in total. The molecule has 2 rings (SSSR count). The second-order valence-corrected chi connectivity index (χ2v) is 5.11. The Bertz CT molecular complexity index is 584. The number of hydrogen-bond acceptors (Lipinski definition) is 1. The Morgan fingerprint density at radius 1 is 1.11 bits per heavy atom. The van der Waals surface area contributed by atoms with E-state index in [1.807, 2.05) is 60.8 Å². The molecular weight excluding hydrogens is 322 g/mol. The van der Waals surface area contributed by atoms with Crippen LogP contribution in [0.1, 0.15) is 5.56 Å². The maximum atomic E-state index is 5.16. The Kier molecular flexibility index (Phi) is 5.06. The minimum Gasteiger partial charge on any atom is -0.328 e. The van der Waals surface area contributed by atoms with Crippen LogP contribution in [-0.4, -0.2) is 11.3 Å². The summed E-state index contributed by atoms with van der Waals surface area (Å²) in [4.78, 5) is 0. The number of thiocarbonyl (C=S) groups is 1. The minimum atomic E-state index is 0.512. The van der Waals surface area contributed by atoms with E-state index in [0.29, 0.717) is 5.11 Å². The van der Waals surface area contributed by atoms with E-state index in [1.54, 1.807) is 0 Å². The molecule has 0 saturated carbocycles. The van der Waals surface area contributed by atoms with Crippen LogP contribution in [0.4, 0.5) is 5.69 Å². The highest BCUT2D eigenvalue weighted by Gasteiger charge is 1.97. The van der Waals surface area contributed by atoms with Gasteiger partial charge >= 0.3 is 0 Å². The maximum Gasteiger partial charge on any atom is 0.228 e. The van der Waals surface area contributed by atoms with E-state index in [1.165, 1.54) is 0 Å². The molecule has 5 heteroatoms. The van der Waals surface area contributed by atoms with Crippen LogP contribution in [0.25, 0.3) is 0 Å². The molecule has 0 fully saturated rings. The average molecular weight is 335 g/mol. The molecule has 2 aromatic carbocycles. The molecule has 2 aromatic rings. The van der Waals surface area contributed by atoms with Crippen LogP contribution in [0, 0.1) is 0 Å². The summed E-state index contributed by atoms with van der Waals surface area (Å²) >= 11 is 8.58. The summed E-state index contributed by atoms with van der Waals surface area (Å²) in [5.41, 5.74) is 4.89. The van der Waals surface area contributed by atoms with Gasteiger partial charge in [-0.15, -0.1) is 10.5 Å². The average Bonchev–Trinajstić information content (AvgIpc) is 2.40. The molecule has 0 radical (unpaired) electrons. The zero-order valence-electron chi connectivity index (χ0n) is 10.1. The molecule has 0 aliphatic heterocycles. The summed E-state index contributed by atoms with van der Waals surface area (Å²) in [5.74, 6) is 0. The molecule has 0 aliphatic carbocycles. The monoisotopic (exact) mass is 334 g/mol. The number of rotatable bonds is 3. The van der Waals surface area contributed by atoms with Crippen LogP contribution < -0.4 is 15.8 Å². The van der Waals surface area contributed by atoms with Gasteiger partial charge in [0, 0.05) is 15.7 Å². The Hall–Kier alpha value is -1.72. The third kappa shape index (κ3) is 4.81. The number of para-hydroxylation sites is 1. The van der Waals surface area contributed by atoms with Gasteiger partial charge in [-0.1, -0.05) is 40.2 Å². The molecule has 0 aromatic heterocycles. The molecular formula is C14H13BrN3S+. The first-order valence-corrected chi connectivity index (χ1v) is 6.90. The SMILES string of the molecule is S=C(N[NH+]=Cc1cccc(Br)c1)Nc1ccccc1. The fourth-order valence-electron chi connectivity index (χ4n) is 1.47. The predicted molar refractivity (Wildman–Crippen MR) is 86.1 cm³/mol. The summed E-state index contributed by atoms with van der Waals surface area (Å²) in [6, 6.07) is 17.7. The molecule has 0 amide bonds. The topological polar surface area (TPSA) is 38.0 Å². The normalized spacial score (nSPS) is 10.4. The van der Waals surface area contributed by atoms with Gasteiger partial charge in [-0.25, -0.2) is 0 Å². The third-order valence-electron chi connectivity index (χ3n) is 2.30. The van der Waals surface area contributed by atoms with E-state index in [9.17, 15) is 0 Å². The van der Waals surface area contributed by atoms with Crippen LogP contribution in [-0.2, 0) is 0 Å². The van der Waals surface area contributed by atoms with Crippen molar-refractivity contribution in [3.8, 4) is 0 Å². The summed E-state index contributed by atoms with van der Waals surface area (Å²) in [7, 11) is 0. The standard InChI is InChI=1S/C14H12BrN3S/c15-12-6-4-5-11(9-12)10-16-18-14(19)17-13-7-2-1-3-8-13/h1-10H,(H2,17,18,19)/p+1. The zero-order valence-corrected chi connectivity index (χ0v) is 12.5. The van der Waals surface area contributed by atoms with Gasteiger partial charge in [-0.3, -0.25) is 0 Å². The van der Waals surface area contributed by atoms with Gasteiger partial charge in [0.2, 0.25) is 5.11 Å². The Labute approximate surface area is 125 Å². The first-order chi connectivity index (χ1) is 9.24. The highest BCUT2D eigenvalue weighted by molar-refractivity contribution is 9.10. The molecule has 0 unspecified atom stereocenters. The van der Waals surface area contributed by atoms with Crippen molar-refractivity contribution in [1.82, 2.24) is 5.43 Å². The van der Waals surface area contributed by atoms with Crippen molar-refractivity contribution >= 4 is 45.2 Å². The number of benzene rings is 2. The number of anilines is 1. The molecule has 0 aliphatic rings. The summed E-state index contributed by atoms with van der Waals surface area (Å²) in [6.45, 7) is 0. The van der Waals surface area contributed by atoms with Crippen molar-refractivity contribution in [3.05, 3.63) is 64.6 Å². The van der Waals surface area contributed by atoms with Gasteiger partial charge < -0.3 is 5.32 Å². The van der Waals surface area contributed by atoms with E-state index in [4.69, 9.17) is 12.2 Å². The molecule has 0 spiro atoms. The largest absolute Gasteiger partial charge is 0.328 e. The lowest BCUT2D eigenvalue weighted by atomic mass is 10.2. The number of hydrazone groups is 1. The van der Waals surface area contributed by atoms with Gasteiger partial charge in [-0.05, 0) is 42.5 Å². The van der Waals surface area contributed by atoms with E-state index in [0.717, 1.165) is 15.7 Å². The molecule has 0 heterocycles. The minimum absolute atomic E-state index is 0.512. The lowest BCUT2D eigenvalue weighted by Gasteiger charge is -2.03. The maximum absolute atomic E-state index is 5.16. The Morgan fingerprint density at radius 3 is 2.63 bits per heavy atom. The van der Waals surface area contributed by atoms with Gasteiger partial charge in [0.15, 0.2) is 6.21 Å².